The molecule has 0 unspecified atom stereocenters. The fraction of sp³-hybridized carbons (Fsp3) is 0.0909. The Morgan fingerprint density at radius 3 is 2.48 bits per heavy atom. The van der Waals surface area contributed by atoms with Gasteiger partial charge in [0.2, 0.25) is 0 Å². The van der Waals surface area contributed by atoms with Crippen molar-refractivity contribution in [2.45, 2.75) is 6.42 Å². The number of ether oxygens (including phenoxy) is 1. The molecule has 0 spiro atoms. The summed E-state index contributed by atoms with van der Waals surface area (Å²) in [6.45, 7) is 0.656. The molecule has 0 atom stereocenters. The van der Waals surface area contributed by atoms with Crippen LogP contribution in [-0.2, 0) is 11.3 Å². The summed E-state index contributed by atoms with van der Waals surface area (Å²) in [5, 5.41) is 0.492. The molecule has 0 radical (unpaired) electrons. The Balaban J connectivity index is 1.40. The van der Waals surface area contributed by atoms with Crippen LogP contribution in [0.2, 0.25) is 0 Å². The fourth-order valence-corrected chi connectivity index (χ4v) is 3.46. The number of fused-ring (bicyclic) bond motifs is 2. The summed E-state index contributed by atoms with van der Waals surface area (Å²) >= 11 is 0. The van der Waals surface area contributed by atoms with Gasteiger partial charge in [0.25, 0.3) is 11.8 Å². The van der Waals surface area contributed by atoms with Gasteiger partial charge in [-0.05, 0) is 41.5 Å². The second-order valence-corrected chi connectivity index (χ2v) is 6.71. The number of carbonyl (C=O) groups excluding carboxylic acids is 3. The van der Waals surface area contributed by atoms with Crippen LogP contribution in [0.25, 0.3) is 11.1 Å². The highest BCUT2D eigenvalue weighted by Gasteiger charge is 2.38. The highest BCUT2D eigenvalue weighted by molar-refractivity contribution is 6.21. The van der Waals surface area contributed by atoms with Gasteiger partial charge in [-0.3, -0.25) is 14.6 Å². The van der Waals surface area contributed by atoms with E-state index in [9.17, 15) is 14.4 Å². The van der Waals surface area contributed by atoms with Crippen LogP contribution in [0.4, 0.5) is 0 Å². The van der Waals surface area contributed by atoms with Gasteiger partial charge in [0, 0.05) is 24.4 Å². The summed E-state index contributed by atoms with van der Waals surface area (Å²) in [7, 11) is 0. The van der Waals surface area contributed by atoms with Crippen LogP contribution in [0.15, 0.2) is 60.9 Å². The highest BCUT2D eigenvalue weighted by Crippen LogP contribution is 2.30. The molecule has 7 nitrogen and oxygen atoms in total. The van der Waals surface area contributed by atoms with Crippen LogP contribution >= 0.6 is 0 Å². The minimum Gasteiger partial charge on any atom is -0.493 e. The fourth-order valence-electron chi connectivity index (χ4n) is 3.46. The van der Waals surface area contributed by atoms with Gasteiger partial charge in [0.1, 0.15) is 5.75 Å². The third-order valence-electron chi connectivity index (χ3n) is 4.93. The van der Waals surface area contributed by atoms with Crippen molar-refractivity contribution in [2.75, 3.05) is 6.61 Å². The molecule has 29 heavy (non-hydrogen) atoms. The van der Waals surface area contributed by atoms with Crippen molar-refractivity contribution < 1.29 is 24.0 Å². The van der Waals surface area contributed by atoms with E-state index in [1.807, 2.05) is 18.2 Å². The largest absolute Gasteiger partial charge is 0.493 e. The maximum Gasteiger partial charge on any atom is 0.365 e. The van der Waals surface area contributed by atoms with E-state index in [2.05, 4.69) is 4.98 Å². The molecule has 7 heteroatoms. The van der Waals surface area contributed by atoms with Gasteiger partial charge >= 0.3 is 5.97 Å². The quantitative estimate of drug-likeness (QED) is 0.643. The van der Waals surface area contributed by atoms with Gasteiger partial charge in [0.05, 0.1) is 23.3 Å². The number of amides is 2. The molecule has 2 aliphatic heterocycles. The van der Waals surface area contributed by atoms with E-state index >= 15 is 0 Å². The summed E-state index contributed by atoms with van der Waals surface area (Å²) in [5.74, 6) is -1.30. The number of benzene rings is 2. The monoisotopic (exact) mass is 386 g/mol. The number of hydrogen-bond donors (Lipinski definition) is 0. The Kier molecular flexibility index (Phi) is 3.87. The first-order valence-corrected chi connectivity index (χ1v) is 9.03. The van der Waals surface area contributed by atoms with Gasteiger partial charge in [-0.2, -0.15) is 0 Å². The van der Waals surface area contributed by atoms with Crippen molar-refractivity contribution in [3.8, 4) is 16.9 Å². The normalized spacial score (nSPS) is 14.4. The second kappa shape index (κ2) is 6.56. The van der Waals surface area contributed by atoms with E-state index in [1.165, 1.54) is 18.3 Å². The van der Waals surface area contributed by atoms with Crippen LogP contribution < -0.4 is 4.74 Å². The lowest BCUT2D eigenvalue weighted by molar-refractivity contribution is -0.0584. The van der Waals surface area contributed by atoms with E-state index in [1.54, 1.807) is 24.4 Å². The number of hydroxylamine groups is 2. The second-order valence-electron chi connectivity index (χ2n) is 6.71. The molecule has 142 valence electrons. The predicted octanol–water partition coefficient (Wildman–Crippen LogP) is 3.05. The van der Waals surface area contributed by atoms with Crippen LogP contribution in [0.5, 0.6) is 5.75 Å². The number of hydrogen-bond acceptors (Lipinski definition) is 6. The third-order valence-corrected chi connectivity index (χ3v) is 4.93. The zero-order valence-electron chi connectivity index (χ0n) is 15.1. The number of aromatic nitrogens is 1. The Hall–Kier alpha value is -4.00. The lowest BCUT2D eigenvalue weighted by Crippen LogP contribution is -2.32. The van der Waals surface area contributed by atoms with Crippen molar-refractivity contribution >= 4 is 17.8 Å². The standard InChI is InChI=1S/C22H14N2O5/c25-20-17-3-1-2-4-18(17)21(26)24(20)29-22(27)16-10-15(11-23-12-16)13-5-6-19-14(9-13)7-8-28-19/h1-6,9-12H,7-8H2. The van der Waals surface area contributed by atoms with Crippen LogP contribution in [0.1, 0.15) is 36.6 Å². The zero-order valence-corrected chi connectivity index (χ0v) is 15.1. The summed E-state index contributed by atoms with van der Waals surface area (Å²) < 4.78 is 5.51. The Labute approximate surface area is 165 Å². The molecule has 2 aliphatic rings. The first-order valence-electron chi connectivity index (χ1n) is 9.03. The van der Waals surface area contributed by atoms with Crippen molar-refractivity contribution in [3.63, 3.8) is 0 Å². The SMILES string of the molecule is O=C(ON1C(=O)c2ccccc2C1=O)c1cncc(-c2ccc3c(c2)CCO3)c1. The first-order chi connectivity index (χ1) is 14.1. The maximum atomic E-state index is 12.6. The Morgan fingerprint density at radius 2 is 1.72 bits per heavy atom. The van der Waals surface area contributed by atoms with E-state index in [-0.39, 0.29) is 16.7 Å². The van der Waals surface area contributed by atoms with E-state index < -0.39 is 17.8 Å². The minimum atomic E-state index is -0.835. The van der Waals surface area contributed by atoms with E-state index in [0.29, 0.717) is 11.7 Å². The van der Waals surface area contributed by atoms with Gasteiger partial charge in [0.15, 0.2) is 0 Å². The lowest BCUT2D eigenvalue weighted by atomic mass is 10.0. The molecule has 0 aliphatic carbocycles. The summed E-state index contributed by atoms with van der Waals surface area (Å²) in [4.78, 5) is 46.5. The average Bonchev–Trinajstić information content (AvgIpc) is 3.32. The number of carbonyl (C=O) groups is 3. The molecule has 0 bridgehead atoms. The molecule has 1 aromatic heterocycles. The van der Waals surface area contributed by atoms with Crippen molar-refractivity contribution in [1.82, 2.24) is 10.0 Å². The molecule has 3 heterocycles. The number of pyridine rings is 1. The summed E-state index contributed by atoms with van der Waals surface area (Å²) in [6, 6.07) is 13.7. The number of rotatable bonds is 3. The smallest absolute Gasteiger partial charge is 0.365 e. The molecular formula is C22H14N2O5. The summed E-state index contributed by atoms with van der Waals surface area (Å²) in [6.07, 6.45) is 3.80. The average molecular weight is 386 g/mol. The molecule has 0 fully saturated rings. The third kappa shape index (κ3) is 2.84. The zero-order chi connectivity index (χ0) is 20.0. The minimum absolute atomic E-state index is 0.135. The number of imide groups is 1. The maximum absolute atomic E-state index is 12.6. The molecule has 0 saturated carbocycles. The van der Waals surface area contributed by atoms with Crippen molar-refractivity contribution in [1.29, 1.82) is 0 Å². The van der Waals surface area contributed by atoms with Gasteiger partial charge in [-0.15, -0.1) is 0 Å². The molecule has 2 aromatic carbocycles. The van der Waals surface area contributed by atoms with Gasteiger partial charge in [-0.25, -0.2) is 4.79 Å². The molecule has 5 rings (SSSR count). The highest BCUT2D eigenvalue weighted by atomic mass is 16.7. The molecule has 0 N–H and O–H groups in total. The van der Waals surface area contributed by atoms with Gasteiger partial charge in [-0.1, -0.05) is 23.3 Å². The molecule has 0 saturated heterocycles. The Morgan fingerprint density at radius 1 is 0.966 bits per heavy atom. The lowest BCUT2D eigenvalue weighted by Gasteiger charge is -2.13. The molecule has 3 aromatic rings. The van der Waals surface area contributed by atoms with Crippen molar-refractivity contribution in [2.24, 2.45) is 0 Å². The Bertz CT molecular complexity index is 1150. The van der Waals surface area contributed by atoms with Crippen LogP contribution in [-0.4, -0.2) is 34.4 Å². The van der Waals surface area contributed by atoms with Crippen molar-refractivity contribution in [3.05, 3.63) is 83.2 Å². The topological polar surface area (TPSA) is 85.8 Å². The molecular weight excluding hydrogens is 372 g/mol. The van der Waals surface area contributed by atoms with E-state index in [4.69, 9.17) is 9.57 Å². The first kappa shape index (κ1) is 17.1. The van der Waals surface area contributed by atoms with Crippen LogP contribution in [0.3, 0.4) is 0 Å². The molecule has 2 amide bonds. The van der Waals surface area contributed by atoms with Gasteiger partial charge < -0.3 is 9.57 Å². The van der Waals surface area contributed by atoms with E-state index in [0.717, 1.165) is 28.9 Å². The van der Waals surface area contributed by atoms with Crippen LogP contribution in [0, 0.1) is 0 Å². The number of nitrogens with zero attached hydrogens (tertiary/aromatic N) is 2. The predicted molar refractivity (Wildman–Crippen MR) is 101 cm³/mol. The summed E-state index contributed by atoms with van der Waals surface area (Å²) in [5.41, 5.74) is 3.25.